The topological polar surface area (TPSA) is 29.5 Å². The molecular formula is C15H27NO2. The lowest BCUT2D eigenvalue weighted by atomic mass is 9.58. The van der Waals surface area contributed by atoms with Gasteiger partial charge in [0.1, 0.15) is 5.60 Å². The lowest BCUT2D eigenvalue weighted by Crippen LogP contribution is -2.43. The predicted octanol–water partition coefficient (Wildman–Crippen LogP) is 3.68. The molecule has 0 N–H and O–H groups in total. The van der Waals surface area contributed by atoms with Gasteiger partial charge in [-0.1, -0.05) is 13.8 Å². The van der Waals surface area contributed by atoms with Crippen molar-refractivity contribution in [1.82, 2.24) is 4.90 Å². The Morgan fingerprint density at radius 3 is 2.44 bits per heavy atom. The van der Waals surface area contributed by atoms with Crippen molar-refractivity contribution in [2.45, 2.75) is 59.5 Å². The molecule has 1 saturated heterocycles. The zero-order chi connectivity index (χ0) is 13.6. The van der Waals surface area contributed by atoms with Crippen LogP contribution < -0.4 is 0 Å². The standard InChI is InChI=1S/C15H27NO2/c1-11(2)12-8-15(9-12)6-7-16(10-15)13(17)18-14(3,4)5/h11-12H,6-10H2,1-5H3. The van der Waals surface area contributed by atoms with Crippen LogP contribution in [0.15, 0.2) is 0 Å². The van der Waals surface area contributed by atoms with E-state index in [1.165, 1.54) is 12.8 Å². The van der Waals surface area contributed by atoms with E-state index in [1.54, 1.807) is 0 Å². The van der Waals surface area contributed by atoms with Crippen LogP contribution in [0, 0.1) is 17.3 Å². The van der Waals surface area contributed by atoms with Crippen LogP contribution in [0.1, 0.15) is 53.9 Å². The molecule has 2 aliphatic rings. The summed E-state index contributed by atoms with van der Waals surface area (Å²) in [6.07, 6.45) is 3.62. The smallest absolute Gasteiger partial charge is 0.410 e. The molecule has 0 aromatic rings. The Balaban J connectivity index is 1.85. The maximum absolute atomic E-state index is 12.0. The molecule has 3 nitrogen and oxygen atoms in total. The van der Waals surface area contributed by atoms with Crippen LogP contribution in [0.4, 0.5) is 4.79 Å². The third kappa shape index (κ3) is 2.81. The van der Waals surface area contributed by atoms with Crippen molar-refractivity contribution >= 4 is 6.09 Å². The number of hydrogen-bond donors (Lipinski definition) is 0. The first-order chi connectivity index (χ1) is 8.21. The summed E-state index contributed by atoms with van der Waals surface area (Å²) in [4.78, 5) is 13.9. The molecule has 18 heavy (non-hydrogen) atoms. The van der Waals surface area contributed by atoms with Crippen LogP contribution in [-0.4, -0.2) is 29.7 Å². The fraction of sp³-hybridized carbons (Fsp3) is 0.933. The second-order valence-electron chi connectivity index (χ2n) is 7.56. The maximum atomic E-state index is 12.0. The Kier molecular flexibility index (Phi) is 3.37. The molecule has 1 amide bonds. The molecule has 0 aromatic heterocycles. The summed E-state index contributed by atoms with van der Waals surface area (Å²) in [6.45, 7) is 12.2. The van der Waals surface area contributed by atoms with Gasteiger partial charge in [-0.15, -0.1) is 0 Å². The van der Waals surface area contributed by atoms with Crippen molar-refractivity contribution in [3.63, 3.8) is 0 Å². The molecule has 104 valence electrons. The van der Waals surface area contributed by atoms with Gasteiger partial charge in [-0.3, -0.25) is 0 Å². The molecule has 1 aliphatic carbocycles. The van der Waals surface area contributed by atoms with Gasteiger partial charge >= 0.3 is 6.09 Å². The Bertz CT molecular complexity index is 324. The highest BCUT2D eigenvalue weighted by atomic mass is 16.6. The molecule has 0 bridgehead atoms. The van der Waals surface area contributed by atoms with Crippen molar-refractivity contribution in [3.8, 4) is 0 Å². The molecule has 1 saturated carbocycles. The molecule has 1 heterocycles. The normalized spacial score (nSPS) is 31.9. The van der Waals surface area contributed by atoms with Crippen LogP contribution in [-0.2, 0) is 4.74 Å². The number of amides is 1. The largest absolute Gasteiger partial charge is 0.444 e. The minimum atomic E-state index is -0.382. The number of nitrogens with zero attached hydrogens (tertiary/aromatic N) is 1. The lowest BCUT2D eigenvalue weighted by molar-refractivity contribution is 0.0112. The summed E-state index contributed by atoms with van der Waals surface area (Å²) >= 11 is 0. The second kappa shape index (κ2) is 4.43. The molecule has 0 unspecified atom stereocenters. The minimum Gasteiger partial charge on any atom is -0.444 e. The number of carbonyl (C=O) groups excluding carboxylic acids is 1. The monoisotopic (exact) mass is 253 g/mol. The van der Waals surface area contributed by atoms with E-state index in [4.69, 9.17) is 4.74 Å². The van der Waals surface area contributed by atoms with E-state index in [1.807, 2.05) is 25.7 Å². The molecule has 2 fully saturated rings. The van der Waals surface area contributed by atoms with Crippen molar-refractivity contribution in [3.05, 3.63) is 0 Å². The first kappa shape index (κ1) is 13.7. The second-order valence-corrected chi connectivity index (χ2v) is 7.56. The first-order valence-electron chi connectivity index (χ1n) is 7.19. The highest BCUT2D eigenvalue weighted by Crippen LogP contribution is 2.54. The van der Waals surface area contributed by atoms with Crippen LogP contribution in [0.3, 0.4) is 0 Å². The number of ether oxygens (including phenoxy) is 1. The molecule has 0 radical (unpaired) electrons. The Morgan fingerprint density at radius 2 is 1.94 bits per heavy atom. The molecule has 0 aromatic carbocycles. The van der Waals surface area contributed by atoms with Gasteiger partial charge in [0.2, 0.25) is 0 Å². The van der Waals surface area contributed by atoms with Gasteiger partial charge in [-0.25, -0.2) is 4.79 Å². The molecule has 1 spiro atoms. The minimum absolute atomic E-state index is 0.132. The van der Waals surface area contributed by atoms with Gasteiger partial charge < -0.3 is 9.64 Å². The third-order valence-corrected chi connectivity index (χ3v) is 4.42. The molecule has 0 atom stereocenters. The van der Waals surface area contributed by atoms with E-state index in [-0.39, 0.29) is 11.7 Å². The number of carbonyl (C=O) groups is 1. The van der Waals surface area contributed by atoms with Gasteiger partial charge in [0.05, 0.1) is 0 Å². The molecule has 1 aliphatic heterocycles. The fourth-order valence-electron chi connectivity index (χ4n) is 3.27. The Hall–Kier alpha value is -0.730. The molecule has 3 heteroatoms. The first-order valence-corrected chi connectivity index (χ1v) is 7.19. The van der Waals surface area contributed by atoms with Crippen LogP contribution >= 0.6 is 0 Å². The number of rotatable bonds is 1. The van der Waals surface area contributed by atoms with Gasteiger partial charge in [0, 0.05) is 13.1 Å². The molecule has 2 rings (SSSR count). The Morgan fingerprint density at radius 1 is 1.33 bits per heavy atom. The van der Waals surface area contributed by atoms with Crippen LogP contribution in [0.25, 0.3) is 0 Å². The zero-order valence-corrected chi connectivity index (χ0v) is 12.5. The number of hydrogen-bond acceptors (Lipinski definition) is 2. The predicted molar refractivity (Wildman–Crippen MR) is 72.4 cm³/mol. The summed E-state index contributed by atoms with van der Waals surface area (Å²) in [7, 11) is 0. The lowest BCUT2D eigenvalue weighted by Gasteiger charge is -2.47. The average Bonchev–Trinajstić information content (AvgIpc) is 2.56. The summed E-state index contributed by atoms with van der Waals surface area (Å²) in [5.74, 6) is 1.65. The van der Waals surface area contributed by atoms with E-state index < -0.39 is 0 Å². The van der Waals surface area contributed by atoms with E-state index in [2.05, 4.69) is 13.8 Å². The quantitative estimate of drug-likeness (QED) is 0.713. The van der Waals surface area contributed by atoms with Crippen molar-refractivity contribution in [2.24, 2.45) is 17.3 Å². The third-order valence-electron chi connectivity index (χ3n) is 4.42. The SMILES string of the molecule is CC(C)C1CC2(CCN(C(=O)OC(C)(C)C)C2)C1. The summed E-state index contributed by atoms with van der Waals surface area (Å²) in [5.41, 5.74) is 0.0404. The van der Waals surface area contributed by atoms with Gasteiger partial charge in [-0.2, -0.15) is 0 Å². The zero-order valence-electron chi connectivity index (χ0n) is 12.5. The Labute approximate surface area is 111 Å². The van der Waals surface area contributed by atoms with E-state index in [0.717, 1.165) is 31.3 Å². The number of likely N-dealkylation sites (tertiary alicyclic amines) is 1. The average molecular weight is 253 g/mol. The highest BCUT2D eigenvalue weighted by Gasteiger charge is 2.50. The van der Waals surface area contributed by atoms with Crippen LogP contribution in [0.5, 0.6) is 0 Å². The van der Waals surface area contributed by atoms with Gasteiger partial charge in [0.25, 0.3) is 0 Å². The van der Waals surface area contributed by atoms with Crippen molar-refractivity contribution in [2.75, 3.05) is 13.1 Å². The highest BCUT2D eigenvalue weighted by molar-refractivity contribution is 5.68. The summed E-state index contributed by atoms with van der Waals surface area (Å²) < 4.78 is 5.44. The van der Waals surface area contributed by atoms with E-state index >= 15 is 0 Å². The summed E-state index contributed by atoms with van der Waals surface area (Å²) in [6, 6.07) is 0. The van der Waals surface area contributed by atoms with E-state index in [0.29, 0.717) is 5.41 Å². The van der Waals surface area contributed by atoms with Gasteiger partial charge in [-0.05, 0) is 57.3 Å². The van der Waals surface area contributed by atoms with Crippen molar-refractivity contribution < 1.29 is 9.53 Å². The van der Waals surface area contributed by atoms with E-state index in [9.17, 15) is 4.79 Å². The van der Waals surface area contributed by atoms with Gasteiger partial charge in [0.15, 0.2) is 0 Å². The van der Waals surface area contributed by atoms with Crippen LogP contribution in [0.2, 0.25) is 0 Å². The summed E-state index contributed by atoms with van der Waals surface area (Å²) in [5, 5.41) is 0. The van der Waals surface area contributed by atoms with Crippen molar-refractivity contribution in [1.29, 1.82) is 0 Å². The fourth-order valence-corrected chi connectivity index (χ4v) is 3.27. The maximum Gasteiger partial charge on any atom is 0.410 e. The molecular weight excluding hydrogens is 226 g/mol.